The molecule has 0 aromatic carbocycles. The van der Waals surface area contributed by atoms with Gasteiger partial charge in [0.2, 0.25) is 0 Å². The number of hydrogen-bond acceptors (Lipinski definition) is 4. The van der Waals surface area contributed by atoms with Gasteiger partial charge >= 0.3 is 0 Å². The second kappa shape index (κ2) is 3.40. The zero-order valence-corrected chi connectivity index (χ0v) is 8.96. The number of nitrogens with zero attached hydrogens (tertiary/aromatic N) is 1. The van der Waals surface area contributed by atoms with Crippen LogP contribution in [0.3, 0.4) is 0 Å². The van der Waals surface area contributed by atoms with E-state index in [2.05, 4.69) is 0 Å². The fraction of sp³-hybridized carbons (Fsp3) is 0.636. The van der Waals surface area contributed by atoms with Crippen LogP contribution in [0.4, 0.5) is 0 Å². The highest BCUT2D eigenvalue weighted by molar-refractivity contribution is 6.05. The lowest BCUT2D eigenvalue weighted by atomic mass is 9.85. The van der Waals surface area contributed by atoms with Gasteiger partial charge in [-0.1, -0.05) is 19.1 Å². The number of amides is 2. The predicted molar refractivity (Wildman–Crippen MR) is 52.9 cm³/mol. The van der Waals surface area contributed by atoms with Crippen LogP contribution in [0.15, 0.2) is 12.2 Å². The molecule has 0 spiro atoms. The van der Waals surface area contributed by atoms with E-state index >= 15 is 0 Å². The van der Waals surface area contributed by atoms with Crippen molar-refractivity contribution in [2.75, 3.05) is 6.61 Å². The van der Waals surface area contributed by atoms with Gasteiger partial charge in [0, 0.05) is 0 Å². The van der Waals surface area contributed by atoms with Gasteiger partial charge in [0.1, 0.15) is 0 Å². The monoisotopic (exact) mass is 223 g/mol. The first-order chi connectivity index (χ1) is 7.74. The highest BCUT2D eigenvalue weighted by Crippen LogP contribution is 2.45. The summed E-state index contributed by atoms with van der Waals surface area (Å²) in [6.07, 6.45) is 4.03. The highest BCUT2D eigenvalue weighted by atomic mass is 16.7. The molecule has 3 aliphatic rings. The molecule has 3 heterocycles. The van der Waals surface area contributed by atoms with Gasteiger partial charge < -0.3 is 4.74 Å². The second-order valence-electron chi connectivity index (χ2n) is 4.31. The molecule has 86 valence electrons. The fourth-order valence-electron chi connectivity index (χ4n) is 2.59. The summed E-state index contributed by atoms with van der Waals surface area (Å²) in [6.45, 7) is 2.32. The van der Waals surface area contributed by atoms with Gasteiger partial charge in [0.25, 0.3) is 11.8 Å². The highest BCUT2D eigenvalue weighted by Gasteiger charge is 2.61. The summed E-state index contributed by atoms with van der Waals surface area (Å²) in [7, 11) is 0. The lowest BCUT2D eigenvalue weighted by Gasteiger charge is -2.16. The number of carbonyl (C=O) groups excluding carboxylic acids is 2. The van der Waals surface area contributed by atoms with E-state index in [-0.39, 0.29) is 35.9 Å². The molecule has 0 aromatic rings. The quantitative estimate of drug-likeness (QED) is 0.509. The second-order valence-corrected chi connectivity index (χ2v) is 4.31. The van der Waals surface area contributed by atoms with Gasteiger partial charge in [-0.3, -0.25) is 14.4 Å². The molecule has 3 aliphatic heterocycles. The molecule has 4 atom stereocenters. The van der Waals surface area contributed by atoms with Crippen molar-refractivity contribution in [2.24, 2.45) is 11.8 Å². The van der Waals surface area contributed by atoms with Crippen LogP contribution in [-0.4, -0.2) is 35.7 Å². The third kappa shape index (κ3) is 1.13. The van der Waals surface area contributed by atoms with Crippen LogP contribution < -0.4 is 0 Å². The molecule has 0 unspecified atom stereocenters. The van der Waals surface area contributed by atoms with E-state index in [1.165, 1.54) is 0 Å². The lowest BCUT2D eigenvalue weighted by Crippen LogP contribution is -2.34. The van der Waals surface area contributed by atoms with E-state index < -0.39 is 0 Å². The number of fused-ring (bicyclic) bond motifs is 5. The summed E-state index contributed by atoms with van der Waals surface area (Å²) in [5.41, 5.74) is 0. The van der Waals surface area contributed by atoms with Gasteiger partial charge in [0.15, 0.2) is 0 Å². The number of carbonyl (C=O) groups is 2. The molecule has 2 amide bonds. The van der Waals surface area contributed by atoms with Gasteiger partial charge in [-0.2, -0.15) is 5.06 Å². The first kappa shape index (κ1) is 9.99. The molecule has 2 fully saturated rings. The zero-order chi connectivity index (χ0) is 11.3. The van der Waals surface area contributed by atoms with E-state index in [1.807, 2.05) is 19.1 Å². The molecule has 0 radical (unpaired) electrons. The number of hydrogen-bond donors (Lipinski definition) is 0. The minimum Gasteiger partial charge on any atom is -0.365 e. The largest absolute Gasteiger partial charge is 0.365 e. The number of ether oxygens (including phenoxy) is 1. The number of rotatable bonds is 3. The molecule has 16 heavy (non-hydrogen) atoms. The van der Waals surface area contributed by atoms with Crippen LogP contribution in [0, 0.1) is 11.8 Å². The molecular weight excluding hydrogens is 210 g/mol. The van der Waals surface area contributed by atoms with E-state index in [4.69, 9.17) is 9.57 Å². The molecule has 0 N–H and O–H groups in total. The van der Waals surface area contributed by atoms with Crippen LogP contribution >= 0.6 is 0 Å². The van der Waals surface area contributed by atoms with Crippen molar-refractivity contribution in [1.29, 1.82) is 0 Å². The molecule has 2 bridgehead atoms. The molecule has 0 aliphatic carbocycles. The van der Waals surface area contributed by atoms with Crippen molar-refractivity contribution in [3.8, 4) is 0 Å². The number of hydroxylamine groups is 2. The fourth-order valence-corrected chi connectivity index (χ4v) is 2.59. The van der Waals surface area contributed by atoms with Crippen molar-refractivity contribution in [3.63, 3.8) is 0 Å². The maximum atomic E-state index is 12.0. The van der Waals surface area contributed by atoms with Crippen molar-refractivity contribution in [2.45, 2.75) is 25.6 Å². The van der Waals surface area contributed by atoms with Crippen molar-refractivity contribution in [1.82, 2.24) is 5.06 Å². The van der Waals surface area contributed by atoms with E-state index in [1.54, 1.807) is 0 Å². The van der Waals surface area contributed by atoms with Crippen molar-refractivity contribution in [3.05, 3.63) is 12.2 Å². The summed E-state index contributed by atoms with van der Waals surface area (Å²) in [4.78, 5) is 29.1. The first-order valence-corrected chi connectivity index (χ1v) is 5.58. The summed E-state index contributed by atoms with van der Waals surface area (Å²) in [5.74, 6) is -1.22. The summed E-state index contributed by atoms with van der Waals surface area (Å²) in [5, 5.41) is 0.939. The molecule has 0 aromatic heterocycles. The molecule has 0 saturated carbocycles. The van der Waals surface area contributed by atoms with Gasteiger partial charge in [-0.25, -0.2) is 0 Å². The average Bonchev–Trinajstić information content (AvgIpc) is 2.92. The average molecular weight is 223 g/mol. The molecule has 5 nitrogen and oxygen atoms in total. The van der Waals surface area contributed by atoms with Gasteiger partial charge in [-0.15, -0.1) is 0 Å². The lowest BCUT2D eigenvalue weighted by molar-refractivity contribution is -0.191. The normalized spacial score (nSPS) is 39.9. The Hall–Kier alpha value is -1.20. The molecular formula is C11H13NO4. The number of imide groups is 1. The molecule has 3 rings (SSSR count). The SMILES string of the molecule is CCCON1C(=O)[C@H]2[C@H](C1=O)[C@H]1C=C[C@H]2O1. The summed E-state index contributed by atoms with van der Waals surface area (Å²) < 4.78 is 5.50. The Kier molecular flexibility index (Phi) is 2.12. The van der Waals surface area contributed by atoms with Crippen molar-refractivity contribution >= 4 is 11.8 Å². The third-order valence-electron chi connectivity index (χ3n) is 3.29. The maximum Gasteiger partial charge on any atom is 0.260 e. The Morgan fingerprint density at radius 2 is 1.81 bits per heavy atom. The van der Waals surface area contributed by atoms with Crippen LogP contribution in [0.5, 0.6) is 0 Å². The molecule has 2 saturated heterocycles. The Balaban J connectivity index is 1.83. The van der Waals surface area contributed by atoms with Crippen LogP contribution in [0.25, 0.3) is 0 Å². The van der Waals surface area contributed by atoms with E-state index in [0.29, 0.717) is 6.61 Å². The summed E-state index contributed by atoms with van der Waals surface area (Å²) in [6, 6.07) is 0. The maximum absolute atomic E-state index is 12.0. The Bertz CT molecular complexity index is 348. The van der Waals surface area contributed by atoms with E-state index in [0.717, 1.165) is 11.5 Å². The minimum atomic E-state index is -0.362. The van der Waals surface area contributed by atoms with Crippen molar-refractivity contribution < 1.29 is 19.2 Å². The molecule has 5 heteroatoms. The Morgan fingerprint density at radius 1 is 1.25 bits per heavy atom. The standard InChI is InChI=1S/C11H13NO4/c1-2-5-15-12-10(13)8-6-3-4-7(16-6)9(8)11(12)14/h3-4,6-9H,2,5H2,1H3/t6-,7-,8-,9-/m1/s1. The van der Waals surface area contributed by atoms with E-state index in [9.17, 15) is 9.59 Å². The van der Waals surface area contributed by atoms with Gasteiger partial charge in [0.05, 0.1) is 30.7 Å². The van der Waals surface area contributed by atoms with Gasteiger partial charge in [-0.05, 0) is 6.42 Å². The minimum absolute atomic E-state index is 0.235. The third-order valence-corrected chi connectivity index (χ3v) is 3.29. The van der Waals surface area contributed by atoms with Crippen LogP contribution in [0.2, 0.25) is 0 Å². The van der Waals surface area contributed by atoms with Crippen LogP contribution in [-0.2, 0) is 19.2 Å². The summed E-state index contributed by atoms with van der Waals surface area (Å²) >= 11 is 0. The predicted octanol–water partition coefficient (Wildman–Crippen LogP) is 0.266. The Morgan fingerprint density at radius 3 is 2.31 bits per heavy atom. The van der Waals surface area contributed by atoms with Crippen LogP contribution in [0.1, 0.15) is 13.3 Å². The smallest absolute Gasteiger partial charge is 0.260 e. The topological polar surface area (TPSA) is 55.8 Å². The first-order valence-electron chi connectivity index (χ1n) is 5.58. The zero-order valence-electron chi connectivity index (χ0n) is 8.96. The Labute approximate surface area is 92.9 Å².